The van der Waals surface area contributed by atoms with Crippen molar-refractivity contribution >= 4 is 17.2 Å². The zero-order chi connectivity index (χ0) is 16.4. The second-order valence-electron chi connectivity index (χ2n) is 5.27. The van der Waals surface area contributed by atoms with Crippen molar-refractivity contribution in [3.63, 3.8) is 0 Å². The monoisotopic (exact) mass is 337 g/mol. The summed E-state index contributed by atoms with van der Waals surface area (Å²) < 4.78 is 43.0. The Labute approximate surface area is 130 Å². The zero-order valence-corrected chi connectivity index (χ0v) is 12.9. The van der Waals surface area contributed by atoms with Crippen LogP contribution in [0.1, 0.15) is 42.9 Å². The van der Waals surface area contributed by atoms with E-state index in [4.69, 9.17) is 10.5 Å². The number of amides is 1. The lowest BCUT2D eigenvalue weighted by molar-refractivity contribution is -0.140. The molecule has 0 bridgehead atoms. The second-order valence-corrected chi connectivity index (χ2v) is 6.16. The Kier molecular flexibility index (Phi) is 5.08. The van der Waals surface area contributed by atoms with Crippen molar-refractivity contribution in [3.05, 3.63) is 16.1 Å². The number of hydrogen-bond acceptors (Lipinski definition) is 5. The van der Waals surface area contributed by atoms with Gasteiger partial charge in [0.25, 0.3) is 0 Å². The molecule has 1 amide bonds. The van der Waals surface area contributed by atoms with Crippen LogP contribution in [0.4, 0.5) is 13.2 Å². The van der Waals surface area contributed by atoms with E-state index in [1.54, 1.807) is 6.92 Å². The fourth-order valence-corrected chi connectivity index (χ4v) is 3.14. The molecule has 124 valence electrons. The first kappa shape index (κ1) is 17.2. The summed E-state index contributed by atoms with van der Waals surface area (Å²) in [6.07, 6.45) is -3.27. The number of hydrogen-bond donors (Lipinski definition) is 2. The quantitative estimate of drug-likeness (QED) is 0.883. The Bertz CT molecular complexity index is 527. The van der Waals surface area contributed by atoms with Gasteiger partial charge in [0.15, 0.2) is 5.69 Å². The highest BCUT2D eigenvalue weighted by molar-refractivity contribution is 7.09. The Morgan fingerprint density at radius 1 is 1.55 bits per heavy atom. The van der Waals surface area contributed by atoms with E-state index in [1.807, 2.05) is 0 Å². The third kappa shape index (κ3) is 3.76. The van der Waals surface area contributed by atoms with Gasteiger partial charge in [-0.25, -0.2) is 4.98 Å². The predicted octanol–water partition coefficient (Wildman–Crippen LogP) is 2.24. The van der Waals surface area contributed by atoms with Gasteiger partial charge in [-0.2, -0.15) is 13.2 Å². The summed E-state index contributed by atoms with van der Waals surface area (Å²) in [5.41, 5.74) is 4.10. The number of halogens is 3. The summed E-state index contributed by atoms with van der Waals surface area (Å²) in [7, 11) is 0. The Hall–Kier alpha value is -1.19. The van der Waals surface area contributed by atoms with Crippen LogP contribution < -0.4 is 11.1 Å². The van der Waals surface area contributed by atoms with Crippen molar-refractivity contribution in [1.29, 1.82) is 0 Å². The van der Waals surface area contributed by atoms with Crippen LogP contribution in [0.3, 0.4) is 0 Å². The summed E-state index contributed by atoms with van der Waals surface area (Å²) in [5.74, 6) is -0.369. The van der Waals surface area contributed by atoms with Crippen LogP contribution in [-0.2, 0) is 15.7 Å². The minimum absolute atomic E-state index is 0.235. The summed E-state index contributed by atoms with van der Waals surface area (Å²) in [6.45, 7) is 2.57. The minimum atomic E-state index is -4.48. The standard InChI is InChI=1S/C13H18F3N3O2S/c1-2-8(10-19-9(7-22-10)13(14,15)16)18-11(20)12(17)3-5-21-6-4-12/h7-8H,2-6,17H2,1H3,(H,18,20). The molecule has 2 rings (SSSR count). The molecule has 1 atom stereocenters. The van der Waals surface area contributed by atoms with Gasteiger partial charge in [-0.1, -0.05) is 6.92 Å². The van der Waals surface area contributed by atoms with Gasteiger partial charge in [-0.05, 0) is 19.3 Å². The van der Waals surface area contributed by atoms with Gasteiger partial charge < -0.3 is 15.8 Å². The number of alkyl halides is 3. The maximum absolute atomic E-state index is 12.6. The second kappa shape index (κ2) is 6.51. The summed E-state index contributed by atoms with van der Waals surface area (Å²) in [5, 5.41) is 3.91. The first-order chi connectivity index (χ1) is 10.3. The van der Waals surface area contributed by atoms with Crippen LogP contribution in [0.15, 0.2) is 5.38 Å². The molecule has 0 radical (unpaired) electrons. The lowest BCUT2D eigenvalue weighted by atomic mass is 9.90. The van der Waals surface area contributed by atoms with Crippen LogP contribution in [0.5, 0.6) is 0 Å². The Morgan fingerprint density at radius 2 is 2.18 bits per heavy atom. The van der Waals surface area contributed by atoms with Crippen LogP contribution >= 0.6 is 11.3 Å². The fourth-order valence-electron chi connectivity index (χ4n) is 2.18. The Balaban J connectivity index is 2.08. The summed E-state index contributed by atoms with van der Waals surface area (Å²) >= 11 is 0.885. The molecule has 1 aromatic rings. The number of carbonyl (C=O) groups is 1. The molecule has 2 heterocycles. The zero-order valence-electron chi connectivity index (χ0n) is 12.1. The number of nitrogens with two attached hydrogens (primary N) is 1. The average Bonchev–Trinajstić information content (AvgIpc) is 2.95. The molecule has 1 aromatic heterocycles. The molecule has 1 saturated heterocycles. The van der Waals surface area contributed by atoms with Gasteiger partial charge in [0.05, 0.1) is 11.6 Å². The van der Waals surface area contributed by atoms with Crippen molar-refractivity contribution in [2.45, 2.75) is 43.9 Å². The maximum Gasteiger partial charge on any atom is 0.434 e. The molecule has 0 spiro atoms. The predicted molar refractivity (Wildman–Crippen MR) is 75.3 cm³/mol. The molecule has 3 N–H and O–H groups in total. The van der Waals surface area contributed by atoms with Crippen molar-refractivity contribution in [1.82, 2.24) is 10.3 Å². The lowest BCUT2D eigenvalue weighted by Gasteiger charge is -2.33. The number of aromatic nitrogens is 1. The SMILES string of the molecule is CCC(NC(=O)C1(N)CCOCC1)c1nc(C(F)(F)F)cs1. The fraction of sp³-hybridized carbons (Fsp3) is 0.692. The van der Waals surface area contributed by atoms with Gasteiger partial charge in [-0.3, -0.25) is 4.79 Å². The molecule has 1 fully saturated rings. The van der Waals surface area contributed by atoms with Crippen LogP contribution in [-0.4, -0.2) is 29.6 Å². The van der Waals surface area contributed by atoms with Gasteiger partial charge in [0.1, 0.15) is 5.01 Å². The first-order valence-electron chi connectivity index (χ1n) is 6.96. The van der Waals surface area contributed by atoms with E-state index in [0.29, 0.717) is 32.5 Å². The molecule has 1 aliphatic heterocycles. The highest BCUT2D eigenvalue weighted by Gasteiger charge is 2.38. The van der Waals surface area contributed by atoms with Crippen molar-refractivity contribution in [2.75, 3.05) is 13.2 Å². The van der Waals surface area contributed by atoms with E-state index >= 15 is 0 Å². The van der Waals surface area contributed by atoms with E-state index in [-0.39, 0.29) is 10.9 Å². The Morgan fingerprint density at radius 3 is 2.68 bits per heavy atom. The van der Waals surface area contributed by atoms with Crippen LogP contribution in [0.2, 0.25) is 0 Å². The number of nitrogens with zero attached hydrogens (tertiary/aromatic N) is 1. The summed E-state index contributed by atoms with van der Waals surface area (Å²) in [4.78, 5) is 15.9. The number of rotatable bonds is 4. The molecule has 1 aliphatic rings. The van der Waals surface area contributed by atoms with Gasteiger partial charge in [0.2, 0.25) is 5.91 Å². The highest BCUT2D eigenvalue weighted by atomic mass is 32.1. The van der Waals surface area contributed by atoms with Gasteiger partial charge in [-0.15, -0.1) is 11.3 Å². The number of ether oxygens (including phenoxy) is 1. The van der Waals surface area contributed by atoms with Crippen molar-refractivity contribution in [2.24, 2.45) is 5.73 Å². The summed E-state index contributed by atoms with van der Waals surface area (Å²) in [6, 6.07) is -0.572. The molecule has 1 unspecified atom stereocenters. The molecule has 0 aromatic carbocycles. The van der Waals surface area contributed by atoms with Crippen molar-refractivity contribution in [3.8, 4) is 0 Å². The van der Waals surface area contributed by atoms with E-state index in [9.17, 15) is 18.0 Å². The smallest absolute Gasteiger partial charge is 0.381 e. The van der Waals surface area contributed by atoms with E-state index in [0.717, 1.165) is 16.7 Å². The topological polar surface area (TPSA) is 77.2 Å². The highest BCUT2D eigenvalue weighted by Crippen LogP contribution is 2.32. The third-order valence-corrected chi connectivity index (χ3v) is 4.62. The van der Waals surface area contributed by atoms with E-state index in [2.05, 4.69) is 10.3 Å². The number of nitrogens with one attached hydrogen (secondary N) is 1. The average molecular weight is 337 g/mol. The minimum Gasteiger partial charge on any atom is -0.381 e. The van der Waals surface area contributed by atoms with Crippen LogP contribution in [0.25, 0.3) is 0 Å². The van der Waals surface area contributed by atoms with Crippen molar-refractivity contribution < 1.29 is 22.7 Å². The normalized spacial score (nSPS) is 19.7. The molecular weight excluding hydrogens is 319 g/mol. The molecule has 22 heavy (non-hydrogen) atoms. The van der Waals surface area contributed by atoms with E-state index < -0.39 is 23.5 Å². The van der Waals surface area contributed by atoms with Crippen LogP contribution in [0, 0.1) is 0 Å². The molecular formula is C13H18F3N3O2S. The van der Waals surface area contributed by atoms with Gasteiger partial charge >= 0.3 is 6.18 Å². The molecule has 0 aliphatic carbocycles. The van der Waals surface area contributed by atoms with Gasteiger partial charge in [0, 0.05) is 18.6 Å². The number of thiazole rings is 1. The third-order valence-electron chi connectivity index (χ3n) is 3.66. The molecule has 9 heteroatoms. The lowest BCUT2D eigenvalue weighted by Crippen LogP contribution is -2.57. The first-order valence-corrected chi connectivity index (χ1v) is 7.84. The number of carbonyl (C=O) groups excluding carboxylic acids is 1. The van der Waals surface area contributed by atoms with E-state index in [1.165, 1.54) is 0 Å². The molecule has 0 saturated carbocycles. The molecule has 5 nitrogen and oxygen atoms in total. The largest absolute Gasteiger partial charge is 0.434 e. The maximum atomic E-state index is 12.6.